The molecule has 1 rings (SSSR count). The first-order valence-corrected chi connectivity index (χ1v) is 6.91. The summed E-state index contributed by atoms with van der Waals surface area (Å²) in [5, 5.41) is 15.3. The Kier molecular flexibility index (Phi) is 7.23. The number of hydrogen-bond donors (Lipinski definition) is 2. The number of benzene rings is 1. The fourth-order valence-corrected chi connectivity index (χ4v) is 1.61. The second-order valence-electron chi connectivity index (χ2n) is 4.29. The van der Waals surface area contributed by atoms with Gasteiger partial charge in [-0.05, 0) is 24.1 Å². The minimum absolute atomic E-state index is 0.0788. The highest BCUT2D eigenvalue weighted by Gasteiger charge is 2.07. The molecule has 1 aromatic rings. The van der Waals surface area contributed by atoms with Crippen molar-refractivity contribution in [2.45, 2.75) is 26.3 Å². The van der Waals surface area contributed by atoms with Gasteiger partial charge in [-0.1, -0.05) is 37.1 Å². The zero-order valence-corrected chi connectivity index (χ0v) is 12.2. The lowest BCUT2D eigenvalue weighted by atomic mass is 10.2. The molecule has 0 saturated carbocycles. The Morgan fingerprint density at radius 3 is 2.70 bits per heavy atom. The van der Waals surface area contributed by atoms with Crippen LogP contribution in [0.15, 0.2) is 36.0 Å². The van der Waals surface area contributed by atoms with Crippen molar-refractivity contribution in [2.75, 3.05) is 6.54 Å². The molecule has 0 unspecified atom stereocenters. The average molecular weight is 292 g/mol. The molecule has 0 aromatic heterocycles. The molecular weight excluding hydrogens is 274 g/mol. The van der Waals surface area contributed by atoms with E-state index in [4.69, 9.17) is 16.9 Å². The first-order chi connectivity index (χ1) is 9.67. The number of nitriles is 1. The number of carbonyl (C=O) groups is 1. The zero-order valence-electron chi connectivity index (χ0n) is 11.4. The second-order valence-corrected chi connectivity index (χ2v) is 4.72. The van der Waals surface area contributed by atoms with Crippen LogP contribution in [0.4, 0.5) is 0 Å². The van der Waals surface area contributed by atoms with E-state index in [-0.39, 0.29) is 11.5 Å². The van der Waals surface area contributed by atoms with E-state index in [2.05, 4.69) is 17.6 Å². The van der Waals surface area contributed by atoms with Crippen LogP contribution in [0.1, 0.15) is 25.3 Å². The van der Waals surface area contributed by atoms with E-state index in [1.165, 1.54) is 6.20 Å². The highest BCUT2D eigenvalue weighted by Crippen LogP contribution is 2.09. The van der Waals surface area contributed by atoms with Crippen LogP contribution >= 0.6 is 11.6 Å². The molecule has 0 aliphatic carbocycles. The van der Waals surface area contributed by atoms with Gasteiger partial charge in [-0.3, -0.25) is 4.79 Å². The summed E-state index contributed by atoms with van der Waals surface area (Å²) < 4.78 is 0. The third kappa shape index (κ3) is 5.77. The Hall–Kier alpha value is -1.99. The molecule has 0 bridgehead atoms. The summed E-state index contributed by atoms with van der Waals surface area (Å²) in [5.74, 6) is -0.383. The molecule has 1 amide bonds. The van der Waals surface area contributed by atoms with Crippen LogP contribution in [0.5, 0.6) is 0 Å². The predicted octanol–water partition coefficient (Wildman–Crippen LogP) is 2.75. The largest absolute Gasteiger partial charge is 0.390 e. The Bertz CT molecular complexity index is 503. The number of rotatable bonds is 7. The van der Waals surface area contributed by atoms with Crippen molar-refractivity contribution in [1.29, 1.82) is 5.26 Å². The third-order valence-electron chi connectivity index (χ3n) is 2.65. The van der Waals surface area contributed by atoms with Gasteiger partial charge in [-0.25, -0.2) is 0 Å². The molecule has 2 N–H and O–H groups in total. The Balaban J connectivity index is 2.47. The number of halogens is 1. The van der Waals surface area contributed by atoms with Crippen LogP contribution in [-0.4, -0.2) is 12.5 Å². The number of hydrogen-bond acceptors (Lipinski definition) is 3. The highest BCUT2D eigenvalue weighted by atomic mass is 35.5. The van der Waals surface area contributed by atoms with Gasteiger partial charge in [0.15, 0.2) is 0 Å². The van der Waals surface area contributed by atoms with Gasteiger partial charge in [0.05, 0.1) is 0 Å². The molecule has 0 spiro atoms. The molecule has 4 nitrogen and oxygen atoms in total. The van der Waals surface area contributed by atoms with Crippen LogP contribution in [-0.2, 0) is 11.3 Å². The maximum absolute atomic E-state index is 11.8. The van der Waals surface area contributed by atoms with E-state index in [1.54, 1.807) is 12.1 Å². The fourth-order valence-electron chi connectivity index (χ4n) is 1.48. The van der Waals surface area contributed by atoms with Gasteiger partial charge in [0.2, 0.25) is 0 Å². The van der Waals surface area contributed by atoms with Crippen molar-refractivity contribution in [3.63, 3.8) is 0 Å². The molecule has 0 aliphatic heterocycles. The lowest BCUT2D eigenvalue weighted by Gasteiger charge is -2.05. The number of unbranched alkanes of at least 4 members (excludes halogenated alkanes) is 1. The van der Waals surface area contributed by atoms with E-state index >= 15 is 0 Å². The smallest absolute Gasteiger partial charge is 0.263 e. The van der Waals surface area contributed by atoms with Crippen LogP contribution in [0.2, 0.25) is 5.02 Å². The summed E-state index contributed by atoms with van der Waals surface area (Å²) in [6, 6.07) is 9.07. The molecule has 5 heteroatoms. The van der Waals surface area contributed by atoms with Gasteiger partial charge in [-0.2, -0.15) is 5.26 Å². The molecule has 0 aliphatic rings. The molecule has 0 heterocycles. The Morgan fingerprint density at radius 2 is 2.10 bits per heavy atom. The first kappa shape index (κ1) is 16.1. The Labute approximate surface area is 124 Å². The summed E-state index contributed by atoms with van der Waals surface area (Å²) in [7, 11) is 0. The van der Waals surface area contributed by atoms with Crippen LogP contribution in [0.3, 0.4) is 0 Å². The van der Waals surface area contributed by atoms with Crippen molar-refractivity contribution >= 4 is 17.5 Å². The molecule has 0 atom stereocenters. The number of amides is 1. The van der Waals surface area contributed by atoms with Gasteiger partial charge in [0, 0.05) is 24.3 Å². The zero-order chi connectivity index (χ0) is 14.8. The third-order valence-corrected chi connectivity index (χ3v) is 2.90. The molecule has 1 aromatic carbocycles. The van der Waals surface area contributed by atoms with E-state index in [9.17, 15) is 4.79 Å². The molecule has 0 radical (unpaired) electrons. The number of carbonyl (C=O) groups excluding carboxylic acids is 1. The molecular formula is C15H18ClN3O. The van der Waals surface area contributed by atoms with E-state index < -0.39 is 0 Å². The van der Waals surface area contributed by atoms with Gasteiger partial charge in [0.1, 0.15) is 11.6 Å². The Morgan fingerprint density at radius 1 is 1.40 bits per heavy atom. The quantitative estimate of drug-likeness (QED) is 0.461. The SMILES string of the molecule is CCCCN/C=C(/C#N)C(=O)NCc1ccc(Cl)cc1. The van der Waals surface area contributed by atoms with Gasteiger partial charge >= 0.3 is 0 Å². The minimum atomic E-state index is -0.383. The van der Waals surface area contributed by atoms with E-state index in [0.29, 0.717) is 11.6 Å². The summed E-state index contributed by atoms with van der Waals surface area (Å²) >= 11 is 5.78. The van der Waals surface area contributed by atoms with E-state index in [0.717, 1.165) is 24.9 Å². The maximum atomic E-state index is 11.8. The van der Waals surface area contributed by atoms with Gasteiger partial charge in [-0.15, -0.1) is 0 Å². The molecule has 106 valence electrons. The van der Waals surface area contributed by atoms with Crippen molar-refractivity contribution in [3.8, 4) is 6.07 Å². The molecule has 0 saturated heterocycles. The molecule has 0 fully saturated rings. The lowest BCUT2D eigenvalue weighted by Crippen LogP contribution is -2.25. The van der Waals surface area contributed by atoms with E-state index in [1.807, 2.05) is 18.2 Å². The summed E-state index contributed by atoms with van der Waals surface area (Å²) in [6.07, 6.45) is 3.53. The topological polar surface area (TPSA) is 64.9 Å². The summed E-state index contributed by atoms with van der Waals surface area (Å²) in [4.78, 5) is 11.8. The van der Waals surface area contributed by atoms with Crippen molar-refractivity contribution in [2.24, 2.45) is 0 Å². The van der Waals surface area contributed by atoms with Crippen LogP contribution in [0.25, 0.3) is 0 Å². The molecule has 20 heavy (non-hydrogen) atoms. The minimum Gasteiger partial charge on any atom is -0.390 e. The van der Waals surface area contributed by atoms with Gasteiger partial charge in [0.25, 0.3) is 5.91 Å². The number of nitrogens with one attached hydrogen (secondary N) is 2. The normalized spacial score (nSPS) is 10.8. The fraction of sp³-hybridized carbons (Fsp3) is 0.333. The first-order valence-electron chi connectivity index (χ1n) is 6.53. The second kappa shape index (κ2) is 9.00. The lowest BCUT2D eigenvalue weighted by molar-refractivity contribution is -0.117. The van der Waals surface area contributed by atoms with Crippen LogP contribution in [0, 0.1) is 11.3 Å². The van der Waals surface area contributed by atoms with Crippen molar-refractivity contribution in [1.82, 2.24) is 10.6 Å². The summed E-state index contributed by atoms with van der Waals surface area (Å²) in [6.45, 7) is 3.20. The van der Waals surface area contributed by atoms with Crippen molar-refractivity contribution < 1.29 is 4.79 Å². The van der Waals surface area contributed by atoms with Crippen molar-refractivity contribution in [3.05, 3.63) is 46.6 Å². The highest BCUT2D eigenvalue weighted by molar-refractivity contribution is 6.30. The standard InChI is InChI=1S/C15H18ClN3O/c1-2-3-8-18-11-13(9-17)15(20)19-10-12-4-6-14(16)7-5-12/h4-7,11,18H,2-3,8,10H2,1H3,(H,19,20)/b13-11-. The van der Waals surface area contributed by atoms with Crippen LogP contribution < -0.4 is 10.6 Å². The predicted molar refractivity (Wildman–Crippen MR) is 79.9 cm³/mol. The maximum Gasteiger partial charge on any atom is 0.263 e. The number of nitrogens with zero attached hydrogens (tertiary/aromatic N) is 1. The monoisotopic (exact) mass is 291 g/mol. The van der Waals surface area contributed by atoms with Gasteiger partial charge < -0.3 is 10.6 Å². The summed E-state index contributed by atoms with van der Waals surface area (Å²) in [5.41, 5.74) is 1.01. The average Bonchev–Trinajstić information content (AvgIpc) is 2.46.